The van der Waals surface area contributed by atoms with Gasteiger partial charge in [0.25, 0.3) is 0 Å². The quantitative estimate of drug-likeness (QED) is 0.578. The summed E-state index contributed by atoms with van der Waals surface area (Å²) in [6.45, 7) is 1.58. The summed E-state index contributed by atoms with van der Waals surface area (Å²) in [7, 11) is -3.88. The van der Waals surface area contributed by atoms with Crippen LogP contribution in [0.15, 0.2) is 81.1 Å². The first kappa shape index (κ1) is 21.7. The van der Waals surface area contributed by atoms with E-state index in [9.17, 15) is 13.2 Å². The first-order valence-electron chi connectivity index (χ1n) is 10.0. The van der Waals surface area contributed by atoms with Crippen molar-refractivity contribution in [2.75, 3.05) is 12.3 Å². The normalized spacial score (nSPS) is 16.1. The van der Waals surface area contributed by atoms with E-state index in [4.69, 9.17) is 4.42 Å². The number of hydrogen-bond acceptors (Lipinski definition) is 5. The van der Waals surface area contributed by atoms with E-state index in [1.807, 2.05) is 31.2 Å². The second-order valence-electron chi connectivity index (χ2n) is 7.46. The lowest BCUT2D eigenvalue weighted by Gasteiger charge is -2.27. The molecule has 0 fully saturated rings. The van der Waals surface area contributed by atoms with E-state index in [-0.39, 0.29) is 29.9 Å². The van der Waals surface area contributed by atoms with Gasteiger partial charge < -0.3 is 9.73 Å². The molecule has 0 saturated heterocycles. The first-order valence-corrected chi connectivity index (χ1v) is 12.5. The molecule has 0 bridgehead atoms. The molecule has 1 amide bonds. The standard InChI is InChI=1S/C23H24N2O4S2/c1-17-8-10-19(11-9-17)31(27,28)25(15-18-5-4-13-29-18)16-23(26)24-21-12-14-30-22-7-3-2-6-20(21)22/h2-11,13,21H,12,14-16H2,1H3,(H,24,26). The highest BCUT2D eigenvalue weighted by molar-refractivity contribution is 7.99. The molecule has 1 atom stereocenters. The monoisotopic (exact) mass is 456 g/mol. The van der Waals surface area contributed by atoms with Crippen molar-refractivity contribution in [3.05, 3.63) is 83.8 Å². The van der Waals surface area contributed by atoms with Crippen LogP contribution in [0.3, 0.4) is 0 Å². The number of rotatable bonds is 7. The zero-order valence-electron chi connectivity index (χ0n) is 17.2. The van der Waals surface area contributed by atoms with Crippen LogP contribution in [0.5, 0.6) is 0 Å². The van der Waals surface area contributed by atoms with Gasteiger partial charge in [-0.1, -0.05) is 35.9 Å². The number of nitrogens with zero attached hydrogens (tertiary/aromatic N) is 1. The van der Waals surface area contributed by atoms with Crippen molar-refractivity contribution in [3.63, 3.8) is 0 Å². The number of furan rings is 1. The Bertz CT molecular complexity index is 1140. The minimum absolute atomic E-state index is 0.0201. The van der Waals surface area contributed by atoms with Gasteiger partial charge in [-0.15, -0.1) is 11.8 Å². The second-order valence-corrected chi connectivity index (χ2v) is 10.5. The highest BCUT2D eigenvalue weighted by Gasteiger charge is 2.29. The van der Waals surface area contributed by atoms with Crippen LogP contribution >= 0.6 is 11.8 Å². The molecule has 8 heteroatoms. The van der Waals surface area contributed by atoms with Crippen molar-refractivity contribution in [1.29, 1.82) is 0 Å². The van der Waals surface area contributed by atoms with Gasteiger partial charge in [0.15, 0.2) is 0 Å². The second kappa shape index (κ2) is 9.30. The number of aryl methyl sites for hydroxylation is 1. The molecule has 0 saturated carbocycles. The van der Waals surface area contributed by atoms with Crippen LogP contribution in [0, 0.1) is 6.92 Å². The Morgan fingerprint density at radius 1 is 1.13 bits per heavy atom. The average molecular weight is 457 g/mol. The number of thioether (sulfide) groups is 1. The molecule has 31 heavy (non-hydrogen) atoms. The largest absolute Gasteiger partial charge is 0.468 e. The number of sulfonamides is 1. The molecule has 1 aliphatic rings. The summed E-state index contributed by atoms with van der Waals surface area (Å²) in [4.78, 5) is 14.2. The maximum atomic E-state index is 13.3. The molecule has 0 spiro atoms. The molecular formula is C23H24N2O4S2. The summed E-state index contributed by atoms with van der Waals surface area (Å²) in [5.74, 6) is 1.04. The fraction of sp³-hybridized carbons (Fsp3) is 0.261. The molecule has 1 N–H and O–H groups in total. The van der Waals surface area contributed by atoms with Gasteiger partial charge >= 0.3 is 0 Å². The fourth-order valence-corrected chi connectivity index (χ4v) is 6.04. The van der Waals surface area contributed by atoms with Gasteiger partial charge in [-0.05, 0) is 49.2 Å². The minimum Gasteiger partial charge on any atom is -0.468 e. The third-order valence-corrected chi connectivity index (χ3v) is 8.11. The fourth-order valence-electron chi connectivity index (χ4n) is 3.55. The van der Waals surface area contributed by atoms with E-state index in [1.54, 1.807) is 48.2 Å². The summed E-state index contributed by atoms with van der Waals surface area (Å²) >= 11 is 1.77. The van der Waals surface area contributed by atoms with Gasteiger partial charge in [0.1, 0.15) is 5.76 Å². The van der Waals surface area contributed by atoms with Gasteiger partial charge in [0, 0.05) is 10.6 Å². The highest BCUT2D eigenvalue weighted by Crippen LogP contribution is 2.35. The molecule has 2 heterocycles. The van der Waals surface area contributed by atoms with Crippen molar-refractivity contribution in [1.82, 2.24) is 9.62 Å². The number of amides is 1. The zero-order valence-corrected chi connectivity index (χ0v) is 18.8. The van der Waals surface area contributed by atoms with Gasteiger partial charge in [-0.25, -0.2) is 8.42 Å². The van der Waals surface area contributed by atoms with Crippen molar-refractivity contribution in [2.45, 2.75) is 35.7 Å². The molecular weight excluding hydrogens is 432 g/mol. The van der Waals surface area contributed by atoms with E-state index >= 15 is 0 Å². The van der Waals surface area contributed by atoms with Crippen molar-refractivity contribution >= 4 is 27.7 Å². The van der Waals surface area contributed by atoms with Crippen molar-refractivity contribution < 1.29 is 17.6 Å². The van der Waals surface area contributed by atoms with Gasteiger partial charge in [0.05, 0.1) is 30.3 Å². The number of hydrogen-bond donors (Lipinski definition) is 1. The summed E-state index contributed by atoms with van der Waals surface area (Å²) in [6.07, 6.45) is 2.29. The molecule has 0 radical (unpaired) electrons. The van der Waals surface area contributed by atoms with Crippen molar-refractivity contribution in [2.24, 2.45) is 0 Å². The van der Waals surface area contributed by atoms with E-state index in [0.29, 0.717) is 5.76 Å². The number of carbonyl (C=O) groups excluding carboxylic acids is 1. The zero-order chi connectivity index (χ0) is 21.8. The van der Waals surface area contributed by atoms with Crippen LogP contribution in [0.4, 0.5) is 0 Å². The summed E-state index contributed by atoms with van der Waals surface area (Å²) in [6, 6.07) is 17.9. The van der Waals surface area contributed by atoms with Crippen LogP contribution in [0.1, 0.15) is 29.3 Å². The summed E-state index contributed by atoms with van der Waals surface area (Å²) in [5.41, 5.74) is 2.04. The smallest absolute Gasteiger partial charge is 0.243 e. The van der Waals surface area contributed by atoms with Gasteiger partial charge in [0.2, 0.25) is 15.9 Å². The Morgan fingerprint density at radius 3 is 2.65 bits per heavy atom. The number of fused-ring (bicyclic) bond motifs is 1. The molecule has 1 aromatic heterocycles. The average Bonchev–Trinajstić information content (AvgIpc) is 3.27. The maximum Gasteiger partial charge on any atom is 0.243 e. The van der Waals surface area contributed by atoms with Gasteiger partial charge in [-0.3, -0.25) is 4.79 Å². The molecule has 3 aromatic rings. The number of benzene rings is 2. The SMILES string of the molecule is Cc1ccc(S(=O)(=O)N(CC(=O)NC2CCSc3ccccc32)Cc2ccco2)cc1. The Balaban J connectivity index is 1.55. The third kappa shape index (κ3) is 5.03. The van der Waals surface area contributed by atoms with E-state index in [0.717, 1.165) is 32.5 Å². The molecule has 4 rings (SSSR count). The van der Waals surface area contributed by atoms with Gasteiger partial charge in [-0.2, -0.15) is 4.31 Å². The van der Waals surface area contributed by atoms with Crippen LogP contribution in [0.25, 0.3) is 0 Å². The molecule has 2 aromatic carbocycles. The Hall–Kier alpha value is -2.55. The van der Waals surface area contributed by atoms with Crippen LogP contribution in [0.2, 0.25) is 0 Å². The molecule has 1 aliphatic heterocycles. The van der Waals surface area contributed by atoms with E-state index < -0.39 is 10.0 Å². The predicted molar refractivity (Wildman–Crippen MR) is 120 cm³/mol. The summed E-state index contributed by atoms with van der Waals surface area (Å²) in [5, 5.41) is 3.03. The Morgan fingerprint density at radius 2 is 1.90 bits per heavy atom. The maximum absolute atomic E-state index is 13.3. The Kier molecular flexibility index (Phi) is 6.50. The van der Waals surface area contributed by atoms with E-state index in [2.05, 4.69) is 5.32 Å². The van der Waals surface area contributed by atoms with Crippen LogP contribution < -0.4 is 5.32 Å². The summed E-state index contributed by atoms with van der Waals surface area (Å²) < 4.78 is 33.1. The predicted octanol–water partition coefficient (Wildman–Crippen LogP) is 4.13. The number of carbonyl (C=O) groups is 1. The number of nitrogens with one attached hydrogen (secondary N) is 1. The molecule has 162 valence electrons. The lowest BCUT2D eigenvalue weighted by molar-refractivity contribution is -0.122. The van der Waals surface area contributed by atoms with E-state index in [1.165, 1.54) is 6.26 Å². The Labute approximate surface area is 186 Å². The van der Waals surface area contributed by atoms with Crippen molar-refractivity contribution in [3.8, 4) is 0 Å². The lowest BCUT2D eigenvalue weighted by Crippen LogP contribution is -2.42. The topological polar surface area (TPSA) is 79.6 Å². The minimum atomic E-state index is -3.88. The van der Waals surface area contributed by atoms with Crippen LogP contribution in [-0.2, 0) is 21.4 Å². The first-order chi connectivity index (χ1) is 14.9. The third-order valence-electron chi connectivity index (χ3n) is 5.18. The molecule has 6 nitrogen and oxygen atoms in total. The molecule has 0 aliphatic carbocycles. The van der Waals surface area contributed by atoms with Crippen LogP contribution in [-0.4, -0.2) is 30.9 Å². The lowest BCUT2D eigenvalue weighted by atomic mass is 10.0. The highest BCUT2D eigenvalue weighted by atomic mass is 32.2. The molecule has 1 unspecified atom stereocenters.